The van der Waals surface area contributed by atoms with Crippen molar-refractivity contribution < 1.29 is 13.6 Å². The minimum atomic E-state index is -1.10. The average molecular weight is 276 g/mol. The second kappa shape index (κ2) is 5.28. The first-order valence-electron chi connectivity index (χ1n) is 6.00. The smallest absolute Gasteiger partial charge is 0.260 e. The molecule has 5 heteroatoms. The van der Waals surface area contributed by atoms with Gasteiger partial charge in [0.05, 0.1) is 5.56 Å². The van der Waals surface area contributed by atoms with Crippen LogP contribution < -0.4 is 10.6 Å². The Balaban J connectivity index is 2.42. The fourth-order valence-electron chi connectivity index (χ4n) is 1.98. The summed E-state index contributed by atoms with van der Waals surface area (Å²) in [6.07, 6.45) is 0. The maximum absolute atomic E-state index is 13.3. The lowest BCUT2D eigenvalue weighted by atomic mass is 10.1. The molecule has 2 aromatic carbocycles. The van der Waals surface area contributed by atoms with E-state index in [1.165, 1.54) is 4.90 Å². The predicted octanol–water partition coefficient (Wildman–Crippen LogP) is 3.13. The first-order valence-corrected chi connectivity index (χ1v) is 6.00. The molecule has 2 rings (SSSR count). The Morgan fingerprint density at radius 2 is 1.75 bits per heavy atom. The zero-order valence-corrected chi connectivity index (χ0v) is 11.2. The second-order valence-electron chi connectivity index (χ2n) is 4.50. The van der Waals surface area contributed by atoms with Crippen molar-refractivity contribution in [3.63, 3.8) is 0 Å². The van der Waals surface area contributed by atoms with Crippen LogP contribution in [0, 0.1) is 18.6 Å². The monoisotopic (exact) mass is 276 g/mol. The molecule has 3 nitrogen and oxygen atoms in total. The van der Waals surface area contributed by atoms with Gasteiger partial charge < -0.3 is 10.6 Å². The Morgan fingerprint density at radius 1 is 1.15 bits per heavy atom. The highest BCUT2D eigenvalue weighted by Crippen LogP contribution is 2.23. The fourth-order valence-corrected chi connectivity index (χ4v) is 1.98. The van der Waals surface area contributed by atoms with E-state index in [0.29, 0.717) is 5.69 Å². The van der Waals surface area contributed by atoms with Gasteiger partial charge in [0.15, 0.2) is 11.6 Å². The normalized spacial score (nSPS) is 10.4. The first-order chi connectivity index (χ1) is 9.41. The molecular formula is C15H14F2N2O. The van der Waals surface area contributed by atoms with E-state index in [9.17, 15) is 13.6 Å². The topological polar surface area (TPSA) is 46.3 Å². The van der Waals surface area contributed by atoms with Crippen LogP contribution in [0.15, 0.2) is 36.4 Å². The van der Waals surface area contributed by atoms with Crippen molar-refractivity contribution in [1.29, 1.82) is 0 Å². The fraction of sp³-hybridized carbons (Fsp3) is 0.133. The highest BCUT2D eigenvalue weighted by atomic mass is 19.2. The number of hydrogen-bond acceptors (Lipinski definition) is 2. The zero-order chi connectivity index (χ0) is 14.9. The Bertz CT molecular complexity index is 671. The number of carbonyl (C=O) groups excluding carboxylic acids is 1. The summed E-state index contributed by atoms with van der Waals surface area (Å²) >= 11 is 0. The van der Waals surface area contributed by atoms with E-state index in [2.05, 4.69) is 0 Å². The van der Waals surface area contributed by atoms with Crippen molar-refractivity contribution in [2.45, 2.75) is 6.92 Å². The standard InChI is InChI=1S/C15H14F2N2O/c1-9-5-3-4-6-14(9)19(2)15(20)10-7-11(16)12(17)8-13(10)18/h3-8H,18H2,1-2H3. The van der Waals surface area contributed by atoms with Crippen LogP contribution in [0.2, 0.25) is 0 Å². The lowest BCUT2D eigenvalue weighted by molar-refractivity contribution is 0.0993. The maximum Gasteiger partial charge on any atom is 0.260 e. The van der Waals surface area contributed by atoms with Gasteiger partial charge in [-0.15, -0.1) is 0 Å². The number of anilines is 2. The summed E-state index contributed by atoms with van der Waals surface area (Å²) in [6.45, 7) is 1.85. The molecule has 2 N–H and O–H groups in total. The van der Waals surface area contributed by atoms with Gasteiger partial charge in [-0.2, -0.15) is 0 Å². The summed E-state index contributed by atoms with van der Waals surface area (Å²) in [6, 6.07) is 8.90. The van der Waals surface area contributed by atoms with Crippen LogP contribution in [0.4, 0.5) is 20.2 Å². The number of rotatable bonds is 2. The van der Waals surface area contributed by atoms with Gasteiger partial charge >= 0.3 is 0 Å². The van der Waals surface area contributed by atoms with E-state index in [1.807, 2.05) is 19.1 Å². The van der Waals surface area contributed by atoms with E-state index in [1.54, 1.807) is 19.2 Å². The minimum Gasteiger partial charge on any atom is -0.398 e. The highest BCUT2D eigenvalue weighted by Gasteiger charge is 2.19. The van der Waals surface area contributed by atoms with Crippen molar-refractivity contribution in [3.8, 4) is 0 Å². The maximum atomic E-state index is 13.3. The van der Waals surface area contributed by atoms with Gasteiger partial charge in [-0.25, -0.2) is 8.78 Å². The summed E-state index contributed by atoms with van der Waals surface area (Å²) in [5, 5.41) is 0. The minimum absolute atomic E-state index is 0.0605. The van der Waals surface area contributed by atoms with E-state index < -0.39 is 17.5 Å². The number of nitrogens with two attached hydrogens (primary N) is 1. The molecule has 2 aromatic rings. The number of aryl methyl sites for hydroxylation is 1. The first kappa shape index (κ1) is 14.0. The van der Waals surface area contributed by atoms with Crippen molar-refractivity contribution >= 4 is 17.3 Å². The molecule has 0 unspecified atom stereocenters. The average Bonchev–Trinajstić information content (AvgIpc) is 2.42. The highest BCUT2D eigenvalue weighted by molar-refractivity contribution is 6.09. The third-order valence-electron chi connectivity index (χ3n) is 3.10. The summed E-state index contributed by atoms with van der Waals surface area (Å²) in [5.41, 5.74) is 7.02. The van der Waals surface area contributed by atoms with Crippen LogP contribution in [0.25, 0.3) is 0 Å². The molecule has 0 bridgehead atoms. The summed E-state index contributed by atoms with van der Waals surface area (Å²) in [4.78, 5) is 13.7. The molecule has 0 aromatic heterocycles. The Morgan fingerprint density at radius 3 is 2.40 bits per heavy atom. The number of benzene rings is 2. The van der Waals surface area contributed by atoms with E-state index in [-0.39, 0.29) is 11.3 Å². The van der Waals surface area contributed by atoms with Gasteiger partial charge in [0.25, 0.3) is 5.91 Å². The molecule has 0 atom stereocenters. The number of para-hydroxylation sites is 1. The van der Waals surface area contributed by atoms with Gasteiger partial charge in [0.1, 0.15) is 0 Å². The molecule has 1 amide bonds. The Hall–Kier alpha value is -2.43. The number of halogens is 2. The molecule has 0 aliphatic heterocycles. The predicted molar refractivity (Wildman–Crippen MR) is 74.7 cm³/mol. The molecule has 0 heterocycles. The molecule has 0 radical (unpaired) electrons. The van der Waals surface area contributed by atoms with Crippen molar-refractivity contribution in [2.24, 2.45) is 0 Å². The molecule has 104 valence electrons. The number of nitrogen functional groups attached to an aromatic ring is 1. The van der Waals surface area contributed by atoms with E-state index >= 15 is 0 Å². The number of hydrogen-bond donors (Lipinski definition) is 1. The molecule has 0 saturated heterocycles. The molecule has 0 saturated carbocycles. The van der Waals surface area contributed by atoms with Gasteiger partial charge in [-0.3, -0.25) is 4.79 Å². The third kappa shape index (κ3) is 2.47. The van der Waals surface area contributed by atoms with Gasteiger partial charge in [0.2, 0.25) is 0 Å². The molecule has 0 fully saturated rings. The summed E-state index contributed by atoms with van der Waals surface area (Å²) in [7, 11) is 1.56. The molecule has 20 heavy (non-hydrogen) atoms. The van der Waals surface area contributed by atoms with Gasteiger partial charge in [0, 0.05) is 24.5 Å². The Labute approximate surface area is 115 Å². The van der Waals surface area contributed by atoms with Crippen LogP contribution in [-0.4, -0.2) is 13.0 Å². The van der Waals surface area contributed by atoms with E-state index in [0.717, 1.165) is 17.7 Å². The molecule has 0 aliphatic rings. The van der Waals surface area contributed by atoms with Crippen LogP contribution in [-0.2, 0) is 0 Å². The third-order valence-corrected chi connectivity index (χ3v) is 3.10. The van der Waals surface area contributed by atoms with Gasteiger partial charge in [-0.05, 0) is 24.6 Å². The number of carbonyl (C=O) groups is 1. The summed E-state index contributed by atoms with van der Waals surface area (Å²) in [5.74, 6) is -2.66. The van der Waals surface area contributed by atoms with Crippen LogP contribution >= 0.6 is 0 Å². The molecule has 0 spiro atoms. The SMILES string of the molecule is Cc1ccccc1N(C)C(=O)c1cc(F)c(F)cc1N. The summed E-state index contributed by atoms with van der Waals surface area (Å²) < 4.78 is 26.3. The largest absolute Gasteiger partial charge is 0.398 e. The van der Waals surface area contributed by atoms with Crippen LogP contribution in [0.1, 0.15) is 15.9 Å². The van der Waals surface area contributed by atoms with E-state index in [4.69, 9.17) is 5.73 Å². The van der Waals surface area contributed by atoms with Crippen LogP contribution in [0.3, 0.4) is 0 Å². The van der Waals surface area contributed by atoms with Crippen molar-refractivity contribution in [2.75, 3.05) is 17.7 Å². The van der Waals surface area contributed by atoms with Crippen molar-refractivity contribution in [1.82, 2.24) is 0 Å². The second-order valence-corrected chi connectivity index (χ2v) is 4.50. The quantitative estimate of drug-likeness (QED) is 0.856. The van der Waals surface area contributed by atoms with Crippen LogP contribution in [0.5, 0.6) is 0 Å². The molecular weight excluding hydrogens is 262 g/mol. The lowest BCUT2D eigenvalue weighted by Gasteiger charge is -2.20. The number of amides is 1. The number of nitrogens with zero attached hydrogens (tertiary/aromatic N) is 1. The van der Waals surface area contributed by atoms with Crippen molar-refractivity contribution in [3.05, 3.63) is 59.2 Å². The lowest BCUT2D eigenvalue weighted by Crippen LogP contribution is -2.28. The molecule has 0 aliphatic carbocycles. The van der Waals surface area contributed by atoms with Gasteiger partial charge in [-0.1, -0.05) is 18.2 Å². The Kier molecular flexibility index (Phi) is 3.70. The zero-order valence-electron chi connectivity index (χ0n) is 11.2.